The van der Waals surface area contributed by atoms with Gasteiger partial charge in [-0.05, 0) is 47.5 Å². The lowest BCUT2D eigenvalue weighted by molar-refractivity contribution is -0.129. The molecule has 0 saturated carbocycles. The first-order valence-corrected chi connectivity index (χ1v) is 9.11. The molecule has 1 saturated heterocycles. The normalized spacial score (nSPS) is 23.6. The van der Waals surface area contributed by atoms with Gasteiger partial charge in [0.2, 0.25) is 5.91 Å². The molecule has 9 heteroatoms. The van der Waals surface area contributed by atoms with E-state index in [1.54, 1.807) is 0 Å². The van der Waals surface area contributed by atoms with Crippen LogP contribution in [-0.4, -0.2) is 95.4 Å². The summed E-state index contributed by atoms with van der Waals surface area (Å²) in [4.78, 5) is 15.8. The Bertz CT molecular complexity index is 562. The largest absolute Gasteiger partial charge is 0.394 e. The van der Waals surface area contributed by atoms with Crippen molar-refractivity contribution in [1.29, 1.82) is 0 Å². The van der Waals surface area contributed by atoms with Gasteiger partial charge in [0.15, 0.2) is 0 Å². The minimum Gasteiger partial charge on any atom is -0.394 e. The Hall–Kier alpha value is -1.55. The molecule has 0 spiro atoms. The van der Waals surface area contributed by atoms with Gasteiger partial charge in [-0.2, -0.15) is 0 Å². The van der Waals surface area contributed by atoms with E-state index in [0.29, 0.717) is 6.54 Å². The average molecular weight is 368 g/mol. The highest BCUT2D eigenvalue weighted by molar-refractivity contribution is 5.78. The molecule has 1 aliphatic rings. The summed E-state index contributed by atoms with van der Waals surface area (Å²) in [6.45, 7) is 1.72. The molecule has 2 heterocycles. The average Bonchev–Trinajstić information content (AvgIpc) is 2.99. The summed E-state index contributed by atoms with van der Waals surface area (Å²) in [6.07, 6.45) is 4.10. The van der Waals surface area contributed by atoms with E-state index in [-0.39, 0.29) is 30.8 Å². The lowest BCUT2D eigenvalue weighted by Crippen LogP contribution is -2.52. The van der Waals surface area contributed by atoms with E-state index < -0.39 is 0 Å². The Kier molecular flexibility index (Phi) is 7.95. The highest BCUT2D eigenvalue weighted by Crippen LogP contribution is 2.22. The van der Waals surface area contributed by atoms with Crippen molar-refractivity contribution in [3.8, 4) is 0 Å². The van der Waals surface area contributed by atoms with Crippen molar-refractivity contribution in [2.75, 3.05) is 41.3 Å². The van der Waals surface area contributed by atoms with Gasteiger partial charge >= 0.3 is 0 Å². The maximum Gasteiger partial charge on any atom is 0.234 e. The van der Waals surface area contributed by atoms with Crippen molar-refractivity contribution in [3.05, 3.63) is 11.9 Å². The number of likely N-dealkylation sites (N-methyl/N-ethyl adjacent to an activating group) is 1. The number of aliphatic hydroxyl groups excluding tert-OH is 1. The molecule has 0 aromatic carbocycles. The molecule has 1 fully saturated rings. The maximum atomic E-state index is 11.9. The summed E-state index contributed by atoms with van der Waals surface area (Å²) in [5.41, 5.74) is 0.941. The van der Waals surface area contributed by atoms with Crippen LogP contribution in [0.25, 0.3) is 0 Å². The zero-order valence-corrected chi connectivity index (χ0v) is 16.3. The molecular formula is C17H32N6O3. The number of nitrogens with zero attached hydrogens (tertiary/aromatic N) is 5. The summed E-state index contributed by atoms with van der Waals surface area (Å²) in [5.74, 6) is -0.0449. The van der Waals surface area contributed by atoms with Gasteiger partial charge in [0.25, 0.3) is 0 Å². The van der Waals surface area contributed by atoms with E-state index in [1.807, 2.05) is 44.0 Å². The second-order valence-corrected chi connectivity index (χ2v) is 7.47. The Labute approximate surface area is 155 Å². The fourth-order valence-electron chi connectivity index (χ4n) is 3.17. The van der Waals surface area contributed by atoms with Gasteiger partial charge in [0.05, 0.1) is 31.0 Å². The van der Waals surface area contributed by atoms with E-state index in [4.69, 9.17) is 4.74 Å². The van der Waals surface area contributed by atoms with Crippen LogP contribution in [0, 0.1) is 0 Å². The van der Waals surface area contributed by atoms with Crippen LogP contribution in [0.4, 0.5) is 0 Å². The molecule has 1 aromatic rings. The van der Waals surface area contributed by atoms with Gasteiger partial charge in [-0.1, -0.05) is 5.21 Å². The first kappa shape index (κ1) is 20.8. The molecule has 2 rings (SSSR count). The molecule has 3 atom stereocenters. The fourth-order valence-corrected chi connectivity index (χ4v) is 3.17. The molecule has 2 N–H and O–H groups in total. The summed E-state index contributed by atoms with van der Waals surface area (Å²) < 4.78 is 7.83. The smallest absolute Gasteiger partial charge is 0.234 e. The molecular weight excluding hydrogens is 336 g/mol. The Morgan fingerprint density at radius 1 is 1.35 bits per heavy atom. The molecule has 0 unspecified atom stereocenters. The lowest BCUT2D eigenvalue weighted by atomic mass is 9.97. The number of carbonyl (C=O) groups excluding carboxylic acids is 1. The highest BCUT2D eigenvalue weighted by Gasteiger charge is 2.31. The standard InChI is InChI=1S/C17H32N6O3/c1-21(2)9-13-10-23(20-19-13)8-7-14-5-6-15(16(12-24)26-14)18-17(25)11-22(3)4/h10,14-16,24H,5-9,11-12H2,1-4H3,(H,18,25)/t14-,15+,16-/m0/s1. The van der Waals surface area contributed by atoms with Crippen molar-refractivity contribution in [2.45, 2.75) is 50.6 Å². The highest BCUT2D eigenvalue weighted by atomic mass is 16.5. The van der Waals surface area contributed by atoms with Gasteiger partial charge < -0.3 is 25.0 Å². The number of ether oxygens (including phenoxy) is 1. The third-order valence-corrected chi connectivity index (χ3v) is 4.35. The van der Waals surface area contributed by atoms with Crippen molar-refractivity contribution in [3.63, 3.8) is 0 Å². The monoisotopic (exact) mass is 368 g/mol. The predicted octanol–water partition coefficient (Wildman–Crippen LogP) is -0.684. The lowest BCUT2D eigenvalue weighted by Gasteiger charge is -2.36. The first-order valence-electron chi connectivity index (χ1n) is 9.11. The third kappa shape index (κ3) is 6.64. The number of aryl methyl sites for hydroxylation is 1. The maximum absolute atomic E-state index is 11.9. The van der Waals surface area contributed by atoms with E-state index in [1.165, 1.54) is 0 Å². The second kappa shape index (κ2) is 9.96. The van der Waals surface area contributed by atoms with Gasteiger partial charge in [0.1, 0.15) is 6.10 Å². The van der Waals surface area contributed by atoms with Crippen LogP contribution in [0.3, 0.4) is 0 Å². The van der Waals surface area contributed by atoms with Crippen LogP contribution >= 0.6 is 0 Å². The fraction of sp³-hybridized carbons (Fsp3) is 0.824. The number of nitrogens with one attached hydrogen (secondary N) is 1. The summed E-state index contributed by atoms with van der Waals surface area (Å²) in [7, 11) is 7.70. The zero-order valence-electron chi connectivity index (χ0n) is 16.3. The molecule has 26 heavy (non-hydrogen) atoms. The van der Waals surface area contributed by atoms with Crippen molar-refractivity contribution in [1.82, 2.24) is 30.1 Å². The van der Waals surface area contributed by atoms with Gasteiger partial charge in [0, 0.05) is 19.3 Å². The van der Waals surface area contributed by atoms with Crippen molar-refractivity contribution >= 4 is 5.91 Å². The summed E-state index contributed by atoms with van der Waals surface area (Å²) in [6, 6.07) is -0.137. The SMILES string of the molecule is CN(C)CC(=O)N[C@@H]1CC[C@@H](CCn2cc(CN(C)C)nn2)O[C@H]1CO. The Morgan fingerprint density at radius 2 is 2.12 bits per heavy atom. The molecule has 1 aliphatic heterocycles. The zero-order chi connectivity index (χ0) is 19.1. The number of hydrogen-bond acceptors (Lipinski definition) is 7. The number of carbonyl (C=O) groups is 1. The van der Waals surface area contributed by atoms with E-state index >= 15 is 0 Å². The van der Waals surface area contributed by atoms with Crippen LogP contribution < -0.4 is 5.32 Å². The van der Waals surface area contributed by atoms with Crippen LogP contribution in [0.1, 0.15) is 25.0 Å². The van der Waals surface area contributed by atoms with Crippen LogP contribution in [-0.2, 0) is 22.6 Å². The van der Waals surface area contributed by atoms with Gasteiger partial charge in [-0.3, -0.25) is 9.48 Å². The Balaban J connectivity index is 1.79. The number of amides is 1. The summed E-state index contributed by atoms with van der Waals surface area (Å²) in [5, 5.41) is 20.9. The van der Waals surface area contributed by atoms with Crippen LogP contribution in [0.2, 0.25) is 0 Å². The molecule has 0 aliphatic carbocycles. The van der Waals surface area contributed by atoms with Crippen LogP contribution in [0.15, 0.2) is 6.20 Å². The molecule has 0 bridgehead atoms. The minimum atomic E-state index is -0.361. The van der Waals surface area contributed by atoms with Gasteiger partial charge in [-0.25, -0.2) is 0 Å². The van der Waals surface area contributed by atoms with E-state index in [9.17, 15) is 9.90 Å². The number of hydrogen-bond donors (Lipinski definition) is 2. The first-order chi connectivity index (χ1) is 12.4. The molecule has 0 radical (unpaired) electrons. The van der Waals surface area contributed by atoms with Crippen molar-refractivity contribution < 1.29 is 14.6 Å². The van der Waals surface area contributed by atoms with Crippen LogP contribution in [0.5, 0.6) is 0 Å². The molecule has 1 aromatic heterocycles. The topological polar surface area (TPSA) is 95.8 Å². The number of aromatic nitrogens is 3. The molecule has 1 amide bonds. The molecule has 9 nitrogen and oxygen atoms in total. The number of rotatable bonds is 9. The number of aliphatic hydroxyl groups is 1. The van der Waals surface area contributed by atoms with Crippen molar-refractivity contribution in [2.24, 2.45) is 0 Å². The minimum absolute atomic E-state index is 0.0449. The quantitative estimate of drug-likeness (QED) is 0.596. The van der Waals surface area contributed by atoms with E-state index in [0.717, 1.165) is 38.0 Å². The summed E-state index contributed by atoms with van der Waals surface area (Å²) >= 11 is 0. The molecule has 148 valence electrons. The van der Waals surface area contributed by atoms with E-state index in [2.05, 4.69) is 20.5 Å². The third-order valence-electron chi connectivity index (χ3n) is 4.35. The van der Waals surface area contributed by atoms with Gasteiger partial charge in [-0.15, -0.1) is 5.10 Å². The Morgan fingerprint density at radius 3 is 2.77 bits per heavy atom. The second-order valence-electron chi connectivity index (χ2n) is 7.47. The predicted molar refractivity (Wildman–Crippen MR) is 97.5 cm³/mol.